The SMILES string of the molecule is CCNc1nc(NC(C)CN2CCCC2)c2ccsc2n1. The summed E-state index contributed by atoms with van der Waals surface area (Å²) in [5.74, 6) is 1.66. The fourth-order valence-corrected chi connectivity index (χ4v) is 3.60. The third kappa shape index (κ3) is 3.44. The van der Waals surface area contributed by atoms with Gasteiger partial charge in [0.05, 0.1) is 5.39 Å². The molecule has 21 heavy (non-hydrogen) atoms. The first-order valence-corrected chi connectivity index (χ1v) is 8.62. The Morgan fingerprint density at radius 1 is 1.33 bits per heavy atom. The highest BCUT2D eigenvalue weighted by Crippen LogP contribution is 2.27. The van der Waals surface area contributed by atoms with Gasteiger partial charge in [-0.15, -0.1) is 11.3 Å². The van der Waals surface area contributed by atoms with Gasteiger partial charge in [-0.3, -0.25) is 0 Å². The molecule has 1 atom stereocenters. The second kappa shape index (κ2) is 6.58. The van der Waals surface area contributed by atoms with Gasteiger partial charge in [-0.2, -0.15) is 4.98 Å². The Labute approximate surface area is 129 Å². The lowest BCUT2D eigenvalue weighted by Gasteiger charge is -2.22. The summed E-state index contributed by atoms with van der Waals surface area (Å²) in [6, 6.07) is 2.48. The van der Waals surface area contributed by atoms with Crippen LogP contribution in [0.4, 0.5) is 11.8 Å². The van der Waals surface area contributed by atoms with Gasteiger partial charge in [0.25, 0.3) is 0 Å². The molecule has 1 aliphatic rings. The first-order chi connectivity index (χ1) is 10.3. The topological polar surface area (TPSA) is 53.1 Å². The molecule has 0 bridgehead atoms. The zero-order valence-electron chi connectivity index (χ0n) is 12.7. The van der Waals surface area contributed by atoms with Crippen molar-refractivity contribution in [3.63, 3.8) is 0 Å². The summed E-state index contributed by atoms with van der Waals surface area (Å²) < 4.78 is 0. The van der Waals surface area contributed by atoms with Crippen LogP contribution in [0.2, 0.25) is 0 Å². The molecule has 3 heterocycles. The summed E-state index contributed by atoms with van der Waals surface area (Å²) in [7, 11) is 0. The van der Waals surface area contributed by atoms with Crippen LogP contribution in [0.3, 0.4) is 0 Å². The maximum absolute atomic E-state index is 4.63. The number of aromatic nitrogens is 2. The standard InChI is InChI=1S/C15H23N5S/c1-3-16-15-18-13(12-6-9-21-14(12)19-15)17-11(2)10-20-7-4-5-8-20/h6,9,11H,3-5,7-8,10H2,1-2H3,(H2,16,17,18,19). The quantitative estimate of drug-likeness (QED) is 0.859. The molecule has 1 fully saturated rings. The van der Waals surface area contributed by atoms with Crippen LogP contribution < -0.4 is 10.6 Å². The smallest absolute Gasteiger partial charge is 0.226 e. The molecule has 2 aromatic heterocycles. The number of hydrogen-bond acceptors (Lipinski definition) is 6. The molecule has 0 aliphatic carbocycles. The van der Waals surface area contributed by atoms with Gasteiger partial charge in [0, 0.05) is 19.1 Å². The van der Waals surface area contributed by atoms with Crippen LogP contribution >= 0.6 is 11.3 Å². The zero-order valence-corrected chi connectivity index (χ0v) is 13.5. The van der Waals surface area contributed by atoms with Crippen LogP contribution in [0.5, 0.6) is 0 Å². The maximum Gasteiger partial charge on any atom is 0.226 e. The average Bonchev–Trinajstić information content (AvgIpc) is 3.09. The van der Waals surface area contributed by atoms with Crippen molar-refractivity contribution in [2.75, 3.05) is 36.8 Å². The van der Waals surface area contributed by atoms with Gasteiger partial charge in [-0.1, -0.05) is 0 Å². The first-order valence-electron chi connectivity index (χ1n) is 7.74. The lowest BCUT2D eigenvalue weighted by atomic mass is 10.3. The van der Waals surface area contributed by atoms with Crippen LogP contribution in [-0.4, -0.2) is 47.1 Å². The number of thiophene rings is 1. The molecule has 3 rings (SSSR count). The minimum absolute atomic E-state index is 0.385. The van der Waals surface area contributed by atoms with E-state index in [1.807, 2.05) is 0 Å². The van der Waals surface area contributed by atoms with E-state index in [1.165, 1.54) is 25.9 Å². The number of likely N-dealkylation sites (tertiary alicyclic amines) is 1. The molecule has 0 aromatic carbocycles. The van der Waals surface area contributed by atoms with Gasteiger partial charge in [0.15, 0.2) is 0 Å². The summed E-state index contributed by atoms with van der Waals surface area (Å²) in [4.78, 5) is 12.7. The molecule has 0 amide bonds. The summed E-state index contributed by atoms with van der Waals surface area (Å²) >= 11 is 1.66. The van der Waals surface area contributed by atoms with Gasteiger partial charge in [0.1, 0.15) is 10.6 Å². The number of hydrogen-bond donors (Lipinski definition) is 2. The van der Waals surface area contributed by atoms with Crippen molar-refractivity contribution >= 4 is 33.3 Å². The Morgan fingerprint density at radius 2 is 2.14 bits per heavy atom. The van der Waals surface area contributed by atoms with Crippen LogP contribution in [0, 0.1) is 0 Å². The van der Waals surface area contributed by atoms with Crippen molar-refractivity contribution in [3.8, 4) is 0 Å². The second-order valence-corrected chi connectivity index (χ2v) is 6.51. The molecular formula is C15H23N5S. The van der Waals surface area contributed by atoms with Crippen molar-refractivity contribution < 1.29 is 0 Å². The van der Waals surface area contributed by atoms with Gasteiger partial charge in [0.2, 0.25) is 5.95 Å². The Hall–Kier alpha value is -1.40. The minimum Gasteiger partial charge on any atom is -0.366 e. The fraction of sp³-hybridized carbons (Fsp3) is 0.600. The summed E-state index contributed by atoms with van der Waals surface area (Å²) in [6.45, 7) is 8.65. The molecule has 5 nitrogen and oxygen atoms in total. The number of rotatable bonds is 6. The number of nitrogens with one attached hydrogen (secondary N) is 2. The zero-order chi connectivity index (χ0) is 14.7. The molecule has 0 spiro atoms. The van der Waals surface area contributed by atoms with E-state index in [0.29, 0.717) is 12.0 Å². The van der Waals surface area contributed by atoms with Gasteiger partial charge in [-0.25, -0.2) is 4.98 Å². The third-order valence-electron chi connectivity index (χ3n) is 3.77. The molecule has 2 N–H and O–H groups in total. The van der Waals surface area contributed by atoms with Crippen molar-refractivity contribution in [2.45, 2.75) is 32.7 Å². The second-order valence-electron chi connectivity index (χ2n) is 5.62. The number of anilines is 2. The lowest BCUT2D eigenvalue weighted by molar-refractivity contribution is 0.327. The molecule has 2 aromatic rings. The van der Waals surface area contributed by atoms with E-state index >= 15 is 0 Å². The first kappa shape index (κ1) is 14.5. The van der Waals surface area contributed by atoms with Crippen LogP contribution in [0.1, 0.15) is 26.7 Å². The summed E-state index contributed by atoms with van der Waals surface area (Å²) in [6.07, 6.45) is 2.67. The van der Waals surface area contributed by atoms with E-state index in [9.17, 15) is 0 Å². The van der Waals surface area contributed by atoms with Gasteiger partial charge >= 0.3 is 0 Å². The monoisotopic (exact) mass is 305 g/mol. The van der Waals surface area contributed by atoms with Crippen molar-refractivity contribution in [3.05, 3.63) is 11.4 Å². The van der Waals surface area contributed by atoms with Crippen molar-refractivity contribution in [2.24, 2.45) is 0 Å². The Bertz CT molecular complexity index is 591. The van der Waals surface area contributed by atoms with E-state index in [2.05, 4.69) is 50.8 Å². The predicted octanol–water partition coefficient (Wildman–Crippen LogP) is 3.02. The molecule has 1 unspecified atom stereocenters. The van der Waals surface area contributed by atoms with Gasteiger partial charge in [-0.05, 0) is 51.2 Å². The summed E-state index contributed by atoms with van der Waals surface area (Å²) in [5, 5.41) is 9.98. The van der Waals surface area contributed by atoms with Crippen molar-refractivity contribution in [1.82, 2.24) is 14.9 Å². The molecule has 6 heteroatoms. The molecule has 0 radical (unpaired) electrons. The molecule has 1 saturated heterocycles. The van der Waals surface area contributed by atoms with E-state index < -0.39 is 0 Å². The van der Waals surface area contributed by atoms with E-state index in [4.69, 9.17) is 0 Å². The van der Waals surface area contributed by atoms with Gasteiger partial charge < -0.3 is 15.5 Å². The number of nitrogens with zero attached hydrogens (tertiary/aromatic N) is 3. The third-order valence-corrected chi connectivity index (χ3v) is 4.58. The molecule has 0 saturated carbocycles. The van der Waals surface area contributed by atoms with Crippen LogP contribution in [0.25, 0.3) is 10.2 Å². The predicted molar refractivity (Wildman–Crippen MR) is 90.3 cm³/mol. The highest BCUT2D eigenvalue weighted by molar-refractivity contribution is 7.16. The molecular weight excluding hydrogens is 282 g/mol. The van der Waals surface area contributed by atoms with E-state index in [1.54, 1.807) is 11.3 Å². The Kier molecular flexibility index (Phi) is 4.55. The average molecular weight is 305 g/mol. The molecule has 114 valence electrons. The van der Waals surface area contributed by atoms with Crippen LogP contribution in [-0.2, 0) is 0 Å². The number of fused-ring (bicyclic) bond motifs is 1. The lowest BCUT2D eigenvalue weighted by Crippen LogP contribution is -2.33. The highest BCUT2D eigenvalue weighted by atomic mass is 32.1. The van der Waals surface area contributed by atoms with E-state index in [-0.39, 0.29) is 0 Å². The normalized spacial score (nSPS) is 17.2. The Morgan fingerprint density at radius 3 is 2.90 bits per heavy atom. The van der Waals surface area contributed by atoms with Crippen LogP contribution in [0.15, 0.2) is 11.4 Å². The minimum atomic E-state index is 0.385. The maximum atomic E-state index is 4.63. The largest absolute Gasteiger partial charge is 0.366 e. The highest BCUT2D eigenvalue weighted by Gasteiger charge is 2.16. The summed E-state index contributed by atoms with van der Waals surface area (Å²) in [5.41, 5.74) is 0. The Balaban J connectivity index is 1.76. The molecule has 1 aliphatic heterocycles. The fourth-order valence-electron chi connectivity index (χ4n) is 2.83. The van der Waals surface area contributed by atoms with Crippen molar-refractivity contribution in [1.29, 1.82) is 0 Å². The van der Waals surface area contributed by atoms with E-state index in [0.717, 1.165) is 29.1 Å².